The summed E-state index contributed by atoms with van der Waals surface area (Å²) < 4.78 is 5.82. The van der Waals surface area contributed by atoms with Crippen molar-refractivity contribution in [2.24, 2.45) is 5.73 Å². The highest BCUT2D eigenvalue weighted by atomic mass is 35.5. The molecule has 1 aromatic carbocycles. The van der Waals surface area contributed by atoms with Crippen LogP contribution in [0.3, 0.4) is 0 Å². The molecule has 0 radical (unpaired) electrons. The first-order valence-corrected chi connectivity index (χ1v) is 6.95. The molecule has 0 unspecified atom stereocenters. The van der Waals surface area contributed by atoms with Crippen molar-refractivity contribution >= 4 is 22.5 Å². The minimum absolute atomic E-state index is 0.373. The summed E-state index contributed by atoms with van der Waals surface area (Å²) in [5.41, 5.74) is 8.14. The number of benzene rings is 1. The summed E-state index contributed by atoms with van der Waals surface area (Å²) in [5, 5.41) is 1.54. The number of aromatic nitrogens is 2. The highest BCUT2D eigenvalue weighted by Gasteiger charge is 2.07. The zero-order valence-electron chi connectivity index (χ0n) is 11.3. The van der Waals surface area contributed by atoms with Crippen LogP contribution in [0.4, 0.5) is 0 Å². The van der Waals surface area contributed by atoms with E-state index in [9.17, 15) is 0 Å². The van der Waals surface area contributed by atoms with Gasteiger partial charge in [-0.15, -0.1) is 0 Å². The van der Waals surface area contributed by atoms with Gasteiger partial charge in [-0.25, -0.2) is 0 Å². The Morgan fingerprint density at radius 3 is 2.76 bits per heavy atom. The summed E-state index contributed by atoms with van der Waals surface area (Å²) in [5.74, 6) is 0.694. The zero-order valence-corrected chi connectivity index (χ0v) is 12.0. The van der Waals surface area contributed by atoms with Gasteiger partial charge in [0.15, 0.2) is 0 Å². The Balaban J connectivity index is 1.83. The van der Waals surface area contributed by atoms with Crippen LogP contribution in [0.15, 0.2) is 48.8 Å². The second-order valence-corrected chi connectivity index (χ2v) is 5.00. The number of halogens is 1. The molecule has 0 saturated heterocycles. The maximum absolute atomic E-state index is 6.16. The Morgan fingerprint density at radius 2 is 2.00 bits per heavy atom. The molecular formula is C16H14ClN3O. The van der Waals surface area contributed by atoms with Gasteiger partial charge in [0, 0.05) is 24.3 Å². The molecule has 0 aliphatic rings. The minimum atomic E-state index is 0.373. The first-order valence-electron chi connectivity index (χ1n) is 6.58. The van der Waals surface area contributed by atoms with Crippen LogP contribution in [0, 0.1) is 0 Å². The molecule has 0 amide bonds. The van der Waals surface area contributed by atoms with Gasteiger partial charge >= 0.3 is 0 Å². The molecule has 2 aromatic heterocycles. The van der Waals surface area contributed by atoms with Gasteiger partial charge in [0.1, 0.15) is 17.9 Å². The van der Waals surface area contributed by atoms with E-state index in [0.717, 1.165) is 22.2 Å². The van der Waals surface area contributed by atoms with E-state index < -0.39 is 0 Å². The van der Waals surface area contributed by atoms with E-state index in [1.54, 1.807) is 12.4 Å². The molecule has 5 heteroatoms. The predicted molar refractivity (Wildman–Crippen MR) is 83.2 cm³/mol. The predicted octanol–water partition coefficient (Wildman–Crippen LogP) is 3.32. The third-order valence-corrected chi connectivity index (χ3v) is 3.51. The van der Waals surface area contributed by atoms with Gasteiger partial charge in [0.05, 0.1) is 10.7 Å². The van der Waals surface area contributed by atoms with Gasteiger partial charge in [-0.3, -0.25) is 9.97 Å². The minimum Gasteiger partial charge on any atom is -0.485 e. The molecule has 2 heterocycles. The molecule has 106 valence electrons. The Labute approximate surface area is 127 Å². The summed E-state index contributed by atoms with van der Waals surface area (Å²) in [6.07, 6.45) is 3.48. The lowest BCUT2D eigenvalue weighted by atomic mass is 10.2. The number of fused-ring (bicyclic) bond motifs is 1. The van der Waals surface area contributed by atoms with Gasteiger partial charge in [-0.1, -0.05) is 17.7 Å². The van der Waals surface area contributed by atoms with E-state index >= 15 is 0 Å². The Morgan fingerprint density at radius 1 is 1.10 bits per heavy atom. The first kappa shape index (κ1) is 13.8. The lowest BCUT2D eigenvalue weighted by molar-refractivity contribution is 0.304. The normalized spacial score (nSPS) is 10.8. The lowest BCUT2D eigenvalue weighted by Crippen LogP contribution is -2.02. The van der Waals surface area contributed by atoms with Crippen LogP contribution in [0.25, 0.3) is 10.9 Å². The number of hydrogen-bond donors (Lipinski definition) is 1. The second kappa shape index (κ2) is 6.08. The molecule has 0 saturated carbocycles. The number of pyridine rings is 2. The summed E-state index contributed by atoms with van der Waals surface area (Å²) in [4.78, 5) is 8.65. The molecule has 3 aromatic rings. The van der Waals surface area contributed by atoms with Crippen LogP contribution in [0.1, 0.15) is 11.3 Å². The van der Waals surface area contributed by atoms with Gasteiger partial charge in [0.2, 0.25) is 0 Å². The number of rotatable bonds is 4. The number of hydrogen-bond acceptors (Lipinski definition) is 4. The molecule has 21 heavy (non-hydrogen) atoms. The molecule has 0 aliphatic heterocycles. The standard InChI is InChI=1S/C16H14ClN3O/c17-14-5-6-15(16-13(14)2-1-7-19-16)21-10-12-4-3-11(8-18)9-20-12/h1-7,9H,8,10,18H2. The molecule has 4 nitrogen and oxygen atoms in total. The SMILES string of the molecule is NCc1ccc(COc2ccc(Cl)c3cccnc23)nc1. The second-order valence-electron chi connectivity index (χ2n) is 4.60. The Kier molecular flexibility index (Phi) is 3.99. The third-order valence-electron chi connectivity index (χ3n) is 3.18. The monoisotopic (exact) mass is 299 g/mol. The van der Waals surface area contributed by atoms with Crippen molar-refractivity contribution in [3.63, 3.8) is 0 Å². The highest BCUT2D eigenvalue weighted by molar-refractivity contribution is 6.35. The maximum Gasteiger partial charge on any atom is 0.146 e. The molecule has 0 fully saturated rings. The molecule has 0 bridgehead atoms. The quantitative estimate of drug-likeness (QED) is 0.803. The molecular weight excluding hydrogens is 286 g/mol. The van der Waals surface area contributed by atoms with E-state index in [0.29, 0.717) is 23.9 Å². The summed E-state index contributed by atoms with van der Waals surface area (Å²) in [7, 11) is 0. The van der Waals surface area contributed by atoms with Crippen molar-refractivity contribution in [3.8, 4) is 5.75 Å². The molecule has 2 N–H and O–H groups in total. The van der Waals surface area contributed by atoms with Crippen LogP contribution in [0.2, 0.25) is 5.02 Å². The maximum atomic E-state index is 6.16. The van der Waals surface area contributed by atoms with Gasteiger partial charge in [0.25, 0.3) is 0 Å². The smallest absolute Gasteiger partial charge is 0.146 e. The van der Waals surface area contributed by atoms with E-state index in [1.165, 1.54) is 0 Å². The van der Waals surface area contributed by atoms with Crippen LogP contribution >= 0.6 is 11.6 Å². The van der Waals surface area contributed by atoms with E-state index in [1.807, 2.05) is 36.4 Å². The largest absolute Gasteiger partial charge is 0.485 e. The Bertz CT molecular complexity index is 759. The average Bonchev–Trinajstić information content (AvgIpc) is 2.55. The fourth-order valence-corrected chi connectivity index (χ4v) is 2.26. The topological polar surface area (TPSA) is 61.0 Å². The number of nitrogens with zero attached hydrogens (tertiary/aromatic N) is 2. The van der Waals surface area contributed by atoms with Crippen LogP contribution in [-0.4, -0.2) is 9.97 Å². The highest BCUT2D eigenvalue weighted by Crippen LogP contribution is 2.29. The van der Waals surface area contributed by atoms with Crippen molar-refractivity contribution < 1.29 is 4.74 Å². The van der Waals surface area contributed by atoms with Gasteiger partial charge in [-0.2, -0.15) is 0 Å². The van der Waals surface area contributed by atoms with Crippen LogP contribution in [0.5, 0.6) is 5.75 Å². The average molecular weight is 300 g/mol. The third kappa shape index (κ3) is 2.96. The van der Waals surface area contributed by atoms with E-state index in [2.05, 4.69) is 9.97 Å². The van der Waals surface area contributed by atoms with Crippen molar-refractivity contribution in [2.45, 2.75) is 13.2 Å². The summed E-state index contributed by atoms with van der Waals surface area (Å²) >= 11 is 6.16. The fraction of sp³-hybridized carbons (Fsp3) is 0.125. The number of ether oxygens (including phenoxy) is 1. The van der Waals surface area contributed by atoms with Crippen molar-refractivity contribution in [1.29, 1.82) is 0 Å². The van der Waals surface area contributed by atoms with E-state index in [4.69, 9.17) is 22.1 Å². The first-order chi connectivity index (χ1) is 10.3. The molecule has 3 rings (SSSR count). The van der Waals surface area contributed by atoms with Crippen molar-refractivity contribution in [3.05, 3.63) is 65.1 Å². The fourth-order valence-electron chi connectivity index (χ4n) is 2.04. The number of nitrogens with two attached hydrogens (primary N) is 1. The molecule has 0 spiro atoms. The van der Waals surface area contributed by atoms with Crippen molar-refractivity contribution in [1.82, 2.24) is 9.97 Å². The summed E-state index contributed by atoms with van der Waals surface area (Å²) in [6, 6.07) is 11.3. The van der Waals surface area contributed by atoms with Gasteiger partial charge in [-0.05, 0) is 35.9 Å². The molecule has 0 aliphatic carbocycles. The molecule has 0 atom stereocenters. The van der Waals surface area contributed by atoms with E-state index in [-0.39, 0.29) is 0 Å². The summed E-state index contributed by atoms with van der Waals surface area (Å²) in [6.45, 7) is 0.859. The zero-order chi connectivity index (χ0) is 14.7. The van der Waals surface area contributed by atoms with Gasteiger partial charge < -0.3 is 10.5 Å². The Hall–Kier alpha value is -2.17. The van der Waals surface area contributed by atoms with Crippen molar-refractivity contribution in [2.75, 3.05) is 0 Å². The van der Waals surface area contributed by atoms with Crippen LogP contribution in [-0.2, 0) is 13.2 Å². The lowest BCUT2D eigenvalue weighted by Gasteiger charge is -2.09. The van der Waals surface area contributed by atoms with Crippen LogP contribution < -0.4 is 10.5 Å².